The third-order valence-electron chi connectivity index (χ3n) is 1.72. The topological polar surface area (TPSA) is 36.8 Å². The summed E-state index contributed by atoms with van der Waals surface area (Å²) >= 11 is 0. The second-order valence-corrected chi connectivity index (χ2v) is 2.46. The van der Waals surface area contributed by atoms with Gasteiger partial charge in [0.25, 0.3) is 0 Å². The lowest BCUT2D eigenvalue weighted by atomic mass is 10.1. The minimum absolute atomic E-state index is 0.0677. The molecule has 1 spiro atoms. The Morgan fingerprint density at radius 1 is 1.38 bits per heavy atom. The number of hydrogen-bond donors (Lipinski definition) is 1. The molecule has 2 aliphatic rings. The van der Waals surface area contributed by atoms with E-state index in [4.69, 9.17) is 0 Å². The molecule has 0 aliphatic carbocycles. The molecule has 2 aliphatic heterocycles. The summed E-state index contributed by atoms with van der Waals surface area (Å²) in [6, 6.07) is 0. The van der Waals surface area contributed by atoms with E-state index < -0.39 is 0 Å². The predicted molar refractivity (Wildman–Crippen MR) is 29.7 cm³/mol. The molecule has 3 heteroatoms. The van der Waals surface area contributed by atoms with Crippen LogP contribution in [0.3, 0.4) is 0 Å². The first-order valence-electron chi connectivity index (χ1n) is 3.06. The van der Waals surface area contributed by atoms with Crippen LogP contribution in [0.25, 0.3) is 0 Å². The summed E-state index contributed by atoms with van der Waals surface area (Å²) in [5.41, 5.74) is 0.0677. The molecular formula is C5H9N3. The van der Waals surface area contributed by atoms with Gasteiger partial charge in [-0.25, -0.2) is 0 Å². The van der Waals surface area contributed by atoms with Gasteiger partial charge in [0.2, 0.25) is 5.66 Å². The van der Waals surface area contributed by atoms with Crippen molar-refractivity contribution in [3.63, 3.8) is 0 Å². The van der Waals surface area contributed by atoms with E-state index in [9.17, 15) is 0 Å². The highest BCUT2D eigenvalue weighted by Crippen LogP contribution is 2.33. The smallest absolute Gasteiger partial charge is 0.203 e. The van der Waals surface area contributed by atoms with Gasteiger partial charge in [0.1, 0.15) is 0 Å². The van der Waals surface area contributed by atoms with Crippen molar-refractivity contribution in [2.45, 2.75) is 18.5 Å². The standard InChI is InChI=1S/C5H9N3/c1-2-5(7-8-5)4-6-3-1/h6H,1-4H2. The van der Waals surface area contributed by atoms with Crippen molar-refractivity contribution in [1.29, 1.82) is 0 Å². The van der Waals surface area contributed by atoms with Crippen molar-refractivity contribution in [3.05, 3.63) is 0 Å². The summed E-state index contributed by atoms with van der Waals surface area (Å²) < 4.78 is 0. The van der Waals surface area contributed by atoms with Crippen molar-refractivity contribution in [2.24, 2.45) is 10.2 Å². The first-order valence-corrected chi connectivity index (χ1v) is 3.06. The van der Waals surface area contributed by atoms with E-state index in [1.165, 1.54) is 12.8 Å². The van der Waals surface area contributed by atoms with Gasteiger partial charge in [-0.3, -0.25) is 0 Å². The minimum atomic E-state index is 0.0677. The fourth-order valence-corrected chi connectivity index (χ4v) is 1.11. The molecule has 0 bridgehead atoms. The number of nitrogens with zero attached hydrogens (tertiary/aromatic N) is 2. The average Bonchev–Trinajstić information content (AvgIpc) is 2.52. The van der Waals surface area contributed by atoms with Crippen LogP contribution in [0.15, 0.2) is 10.2 Å². The summed E-state index contributed by atoms with van der Waals surface area (Å²) in [5, 5.41) is 11.2. The van der Waals surface area contributed by atoms with Gasteiger partial charge in [-0.1, -0.05) is 0 Å². The second kappa shape index (κ2) is 1.29. The Hall–Kier alpha value is -0.440. The zero-order valence-electron chi connectivity index (χ0n) is 4.72. The van der Waals surface area contributed by atoms with Crippen LogP contribution in [-0.2, 0) is 0 Å². The van der Waals surface area contributed by atoms with Gasteiger partial charge >= 0.3 is 0 Å². The number of nitrogens with one attached hydrogen (secondary N) is 1. The van der Waals surface area contributed by atoms with E-state index in [0.29, 0.717) is 0 Å². The summed E-state index contributed by atoms with van der Waals surface area (Å²) in [4.78, 5) is 0. The lowest BCUT2D eigenvalue weighted by Gasteiger charge is -2.16. The predicted octanol–water partition coefficient (Wildman–Crippen LogP) is 0.532. The van der Waals surface area contributed by atoms with Crippen LogP contribution < -0.4 is 5.32 Å². The second-order valence-electron chi connectivity index (χ2n) is 2.46. The van der Waals surface area contributed by atoms with Crippen molar-refractivity contribution in [3.8, 4) is 0 Å². The fourth-order valence-electron chi connectivity index (χ4n) is 1.11. The van der Waals surface area contributed by atoms with Crippen molar-refractivity contribution < 1.29 is 0 Å². The average molecular weight is 111 g/mol. The van der Waals surface area contributed by atoms with Gasteiger partial charge < -0.3 is 5.32 Å². The monoisotopic (exact) mass is 111 g/mol. The molecule has 1 saturated heterocycles. The lowest BCUT2D eigenvalue weighted by molar-refractivity contribution is 0.415. The molecule has 0 atom stereocenters. The lowest BCUT2D eigenvalue weighted by Crippen LogP contribution is -2.35. The van der Waals surface area contributed by atoms with Gasteiger partial charge in [0, 0.05) is 6.54 Å². The summed E-state index contributed by atoms with van der Waals surface area (Å²) in [6.07, 6.45) is 2.40. The SMILES string of the molecule is C1CNCC2(C1)N=N2. The highest BCUT2D eigenvalue weighted by atomic mass is 15.5. The van der Waals surface area contributed by atoms with Gasteiger partial charge in [-0.15, -0.1) is 0 Å². The van der Waals surface area contributed by atoms with E-state index in [1.54, 1.807) is 0 Å². The molecule has 0 radical (unpaired) electrons. The van der Waals surface area contributed by atoms with E-state index in [2.05, 4.69) is 15.5 Å². The Bertz CT molecular complexity index is 116. The quantitative estimate of drug-likeness (QED) is 0.486. The Balaban J connectivity index is 1.96. The zero-order chi connectivity index (χ0) is 5.45. The van der Waals surface area contributed by atoms with Crippen molar-refractivity contribution in [2.75, 3.05) is 13.1 Å². The molecule has 1 fully saturated rings. The van der Waals surface area contributed by atoms with Crippen LogP contribution in [0.1, 0.15) is 12.8 Å². The largest absolute Gasteiger partial charge is 0.312 e. The number of piperidine rings is 1. The molecule has 0 unspecified atom stereocenters. The molecule has 44 valence electrons. The molecule has 0 aromatic heterocycles. The Labute approximate surface area is 48.2 Å². The molecule has 8 heavy (non-hydrogen) atoms. The van der Waals surface area contributed by atoms with Crippen LogP contribution in [0, 0.1) is 0 Å². The van der Waals surface area contributed by atoms with E-state index in [0.717, 1.165) is 13.1 Å². The Kier molecular flexibility index (Phi) is 0.713. The molecule has 2 heterocycles. The van der Waals surface area contributed by atoms with E-state index in [-0.39, 0.29) is 5.66 Å². The maximum atomic E-state index is 3.96. The molecule has 0 amide bonds. The third kappa shape index (κ3) is 0.545. The van der Waals surface area contributed by atoms with Gasteiger partial charge in [-0.05, 0) is 19.4 Å². The van der Waals surface area contributed by atoms with Gasteiger partial charge in [0.05, 0.1) is 0 Å². The summed E-state index contributed by atoms with van der Waals surface area (Å²) in [6.45, 7) is 2.12. The van der Waals surface area contributed by atoms with Crippen LogP contribution in [0.4, 0.5) is 0 Å². The molecular weight excluding hydrogens is 102 g/mol. The highest BCUT2D eigenvalue weighted by Gasteiger charge is 2.40. The van der Waals surface area contributed by atoms with Crippen LogP contribution in [-0.4, -0.2) is 18.8 Å². The number of hydrogen-bond acceptors (Lipinski definition) is 3. The highest BCUT2D eigenvalue weighted by molar-refractivity contribution is 4.97. The van der Waals surface area contributed by atoms with Crippen molar-refractivity contribution in [1.82, 2.24) is 5.32 Å². The van der Waals surface area contributed by atoms with Crippen LogP contribution in [0.2, 0.25) is 0 Å². The van der Waals surface area contributed by atoms with Gasteiger partial charge in [0.15, 0.2) is 0 Å². The summed E-state index contributed by atoms with van der Waals surface area (Å²) in [7, 11) is 0. The minimum Gasteiger partial charge on any atom is -0.312 e. The molecule has 0 aromatic rings. The van der Waals surface area contributed by atoms with Crippen molar-refractivity contribution >= 4 is 0 Å². The first kappa shape index (κ1) is 4.44. The molecule has 0 saturated carbocycles. The first-order chi connectivity index (χ1) is 3.91. The molecule has 1 N–H and O–H groups in total. The van der Waals surface area contributed by atoms with E-state index >= 15 is 0 Å². The molecule has 2 rings (SSSR count). The van der Waals surface area contributed by atoms with Crippen LogP contribution >= 0.6 is 0 Å². The molecule has 3 nitrogen and oxygen atoms in total. The maximum Gasteiger partial charge on any atom is 0.203 e. The fraction of sp³-hybridized carbons (Fsp3) is 1.00. The van der Waals surface area contributed by atoms with Gasteiger partial charge in [-0.2, -0.15) is 10.2 Å². The normalized spacial score (nSPS) is 31.0. The van der Waals surface area contributed by atoms with E-state index in [1.807, 2.05) is 0 Å². The zero-order valence-corrected chi connectivity index (χ0v) is 4.72. The maximum absolute atomic E-state index is 3.96. The Morgan fingerprint density at radius 2 is 2.25 bits per heavy atom. The van der Waals surface area contributed by atoms with Crippen LogP contribution in [0.5, 0.6) is 0 Å². The summed E-state index contributed by atoms with van der Waals surface area (Å²) in [5.74, 6) is 0. The Morgan fingerprint density at radius 3 is 2.62 bits per heavy atom. The molecule has 0 aromatic carbocycles. The third-order valence-corrected chi connectivity index (χ3v) is 1.72. The number of rotatable bonds is 0.